The smallest absolute Gasteiger partial charge is 0.114 e. The summed E-state index contributed by atoms with van der Waals surface area (Å²) < 4.78 is 2.41. The lowest BCUT2D eigenvalue weighted by Crippen LogP contribution is -2.35. The molecule has 5 atom stereocenters. The average molecular weight is 701 g/mol. The number of aryl methyl sites for hydroxylation is 1. The molecule has 4 aliphatic carbocycles. The molecule has 0 bridgehead atoms. The van der Waals surface area contributed by atoms with E-state index in [1.807, 2.05) is 0 Å². The normalized spacial score (nSPS) is 24.8. The highest BCUT2D eigenvalue weighted by atomic mass is 32.1. The number of aliphatic imine (C=N–C) groups is 1. The Hall–Kier alpha value is -4.58. The van der Waals surface area contributed by atoms with Crippen LogP contribution in [0.5, 0.6) is 0 Å². The Kier molecular flexibility index (Phi) is 9.24. The van der Waals surface area contributed by atoms with Gasteiger partial charge in [-0.1, -0.05) is 91.1 Å². The Morgan fingerprint density at radius 2 is 1.81 bits per heavy atom. The summed E-state index contributed by atoms with van der Waals surface area (Å²) in [6.07, 6.45) is 36.3. The summed E-state index contributed by atoms with van der Waals surface area (Å²) in [5.74, 6) is 0.373. The molecule has 1 saturated heterocycles. The molecular weight excluding hydrogens is 653 g/mol. The first-order chi connectivity index (χ1) is 25.7. The van der Waals surface area contributed by atoms with Crippen LogP contribution in [0, 0.1) is 0 Å². The molecular formula is C47H48N4S. The molecule has 2 heterocycles. The maximum atomic E-state index is 5.12. The Morgan fingerprint density at radius 3 is 2.65 bits per heavy atom. The molecule has 0 spiro atoms. The molecule has 52 heavy (non-hydrogen) atoms. The van der Waals surface area contributed by atoms with Crippen LogP contribution in [0.1, 0.15) is 79.3 Å². The fraction of sp³-hybridized carbons (Fsp3) is 0.298. The van der Waals surface area contributed by atoms with Gasteiger partial charge in [0.15, 0.2) is 0 Å². The number of allylic oxidation sites excluding steroid dienone is 9. The molecule has 9 rings (SSSR count). The van der Waals surface area contributed by atoms with Crippen molar-refractivity contribution in [1.82, 2.24) is 9.47 Å². The van der Waals surface area contributed by atoms with Crippen LogP contribution in [0.2, 0.25) is 0 Å². The summed E-state index contributed by atoms with van der Waals surface area (Å²) in [5.41, 5.74) is 11.7. The number of benzene rings is 3. The van der Waals surface area contributed by atoms with Crippen LogP contribution in [0.4, 0.5) is 5.69 Å². The second-order valence-corrected chi connectivity index (χ2v) is 15.4. The Morgan fingerprint density at radius 1 is 0.885 bits per heavy atom. The minimum Gasteiger partial charge on any atom is -0.338 e. The SMILES string of the molecule is CN1C(/C=N\Cn2c3c(c4cc(-c5cccc(C6C=CC=CC6)c5S)ccc42)CCC=C3)C1c1cccc(N(C2=CCCC=C2)C2CC=CCC2)c1. The number of likely N-dealkylation sites (N-methyl/N-ethyl adjacent to an activating group) is 1. The molecule has 262 valence electrons. The topological polar surface area (TPSA) is 23.5 Å². The van der Waals surface area contributed by atoms with Gasteiger partial charge in [-0.25, -0.2) is 0 Å². The lowest BCUT2D eigenvalue weighted by molar-refractivity contribution is 0.577. The second kappa shape index (κ2) is 14.4. The van der Waals surface area contributed by atoms with Crippen molar-refractivity contribution in [3.8, 4) is 11.1 Å². The van der Waals surface area contributed by atoms with Crippen LogP contribution in [-0.4, -0.2) is 34.8 Å². The quantitative estimate of drug-likeness (QED) is 0.0813. The summed E-state index contributed by atoms with van der Waals surface area (Å²) in [5, 5.41) is 1.34. The number of anilines is 1. The van der Waals surface area contributed by atoms with Crippen molar-refractivity contribution in [3.63, 3.8) is 0 Å². The first-order valence-electron chi connectivity index (χ1n) is 19.3. The van der Waals surface area contributed by atoms with E-state index in [1.54, 1.807) is 0 Å². The van der Waals surface area contributed by atoms with Crippen LogP contribution in [0.3, 0.4) is 0 Å². The van der Waals surface area contributed by atoms with Gasteiger partial charge in [0.05, 0.1) is 17.6 Å². The van der Waals surface area contributed by atoms with Crippen LogP contribution in [-0.2, 0) is 13.1 Å². The average Bonchev–Trinajstić information content (AvgIpc) is 3.74. The number of nitrogens with zero attached hydrogens (tertiary/aromatic N) is 4. The molecule has 5 unspecified atom stereocenters. The second-order valence-electron chi connectivity index (χ2n) is 14.9. The summed E-state index contributed by atoms with van der Waals surface area (Å²) >= 11 is 5.10. The molecule has 3 aromatic carbocycles. The monoisotopic (exact) mass is 700 g/mol. The lowest BCUT2D eigenvalue weighted by Gasteiger charge is -2.36. The summed E-state index contributed by atoms with van der Waals surface area (Å²) in [4.78, 5) is 11.3. The van der Waals surface area contributed by atoms with Crippen molar-refractivity contribution >= 4 is 41.5 Å². The fourth-order valence-corrected chi connectivity index (χ4v) is 9.43. The van der Waals surface area contributed by atoms with Gasteiger partial charge < -0.3 is 9.47 Å². The number of hydrogen-bond donors (Lipinski definition) is 1. The summed E-state index contributed by atoms with van der Waals surface area (Å²) in [6, 6.07) is 24.0. The zero-order valence-electron chi connectivity index (χ0n) is 30.1. The zero-order valence-corrected chi connectivity index (χ0v) is 31.0. The van der Waals surface area contributed by atoms with Crippen molar-refractivity contribution in [1.29, 1.82) is 0 Å². The molecule has 0 N–H and O–H groups in total. The standard InChI is InChI=1S/C47H48N4S/c1-49-45(46(49)35-17-13-22-38(29-35)51(36-18-7-3-8-19-36)37-20-9-4-10-21-37)31-48-32-50-43-26-12-11-23-41(43)42-30-34(27-28-44(42)50)40-25-14-24-39(47(40)52)33-15-5-2-6-16-33/h2-3,5-7,9,12-15,17,20-22,24-31,33,36,45-46,52H,4,8,10-11,16,18-19,23,32H2,1H3/b48-31-. The molecule has 0 saturated carbocycles. The van der Waals surface area contributed by atoms with Crippen LogP contribution in [0.25, 0.3) is 28.1 Å². The van der Waals surface area contributed by atoms with E-state index in [4.69, 9.17) is 17.6 Å². The van der Waals surface area contributed by atoms with Crippen LogP contribution >= 0.6 is 12.6 Å². The van der Waals surface area contributed by atoms with Crippen molar-refractivity contribution in [2.45, 2.75) is 87.0 Å². The van der Waals surface area contributed by atoms with Crippen molar-refractivity contribution in [2.24, 2.45) is 4.99 Å². The van der Waals surface area contributed by atoms with Gasteiger partial charge in [-0.05, 0) is 123 Å². The van der Waals surface area contributed by atoms with E-state index in [0.29, 0.717) is 30.7 Å². The third kappa shape index (κ3) is 6.28. The van der Waals surface area contributed by atoms with Crippen molar-refractivity contribution in [2.75, 3.05) is 11.9 Å². The molecule has 5 aliphatic rings. The van der Waals surface area contributed by atoms with Crippen LogP contribution < -0.4 is 4.90 Å². The van der Waals surface area contributed by atoms with E-state index in [2.05, 4.69) is 155 Å². The van der Waals surface area contributed by atoms with Gasteiger partial charge in [-0.15, -0.1) is 12.6 Å². The molecule has 0 amide bonds. The van der Waals surface area contributed by atoms with Gasteiger partial charge in [0.1, 0.15) is 6.67 Å². The van der Waals surface area contributed by atoms with Gasteiger partial charge in [0.25, 0.3) is 0 Å². The number of fused-ring (bicyclic) bond motifs is 3. The largest absolute Gasteiger partial charge is 0.338 e. The Labute approximate surface area is 314 Å². The number of aromatic nitrogens is 1. The van der Waals surface area contributed by atoms with Gasteiger partial charge in [0.2, 0.25) is 0 Å². The molecule has 1 aliphatic heterocycles. The molecule has 4 nitrogen and oxygen atoms in total. The minimum absolute atomic E-state index is 0.297. The predicted octanol–water partition coefficient (Wildman–Crippen LogP) is 11.4. The van der Waals surface area contributed by atoms with Crippen molar-refractivity contribution < 1.29 is 0 Å². The van der Waals surface area contributed by atoms with Gasteiger partial charge >= 0.3 is 0 Å². The fourth-order valence-electron chi connectivity index (χ4n) is 8.98. The molecule has 4 aromatic rings. The number of thiol groups is 1. The third-order valence-corrected chi connectivity index (χ3v) is 12.3. The third-order valence-electron chi connectivity index (χ3n) is 11.8. The molecule has 1 aromatic heterocycles. The van der Waals surface area contributed by atoms with Gasteiger partial charge in [0, 0.05) is 45.5 Å². The van der Waals surface area contributed by atoms with E-state index in [1.165, 1.54) is 62.2 Å². The van der Waals surface area contributed by atoms with E-state index < -0.39 is 0 Å². The van der Waals surface area contributed by atoms with Gasteiger partial charge in [-0.3, -0.25) is 9.89 Å². The van der Waals surface area contributed by atoms with E-state index >= 15 is 0 Å². The Bertz CT molecular complexity index is 2210. The van der Waals surface area contributed by atoms with Crippen LogP contribution in [0.15, 0.2) is 137 Å². The highest BCUT2D eigenvalue weighted by molar-refractivity contribution is 7.80. The first kappa shape index (κ1) is 33.3. The predicted molar refractivity (Wildman–Crippen MR) is 223 cm³/mol. The Balaban J connectivity index is 0.963. The summed E-state index contributed by atoms with van der Waals surface area (Å²) in [7, 11) is 2.23. The molecule has 0 radical (unpaired) electrons. The van der Waals surface area contributed by atoms with Gasteiger partial charge in [-0.2, -0.15) is 0 Å². The molecule has 1 fully saturated rings. The summed E-state index contributed by atoms with van der Waals surface area (Å²) in [6.45, 7) is 0.616. The van der Waals surface area contributed by atoms with E-state index in [0.717, 1.165) is 49.8 Å². The number of rotatable bonds is 9. The molecule has 5 heteroatoms. The first-order valence-corrected chi connectivity index (χ1v) is 19.7. The van der Waals surface area contributed by atoms with Crippen molar-refractivity contribution in [3.05, 3.63) is 150 Å². The maximum Gasteiger partial charge on any atom is 0.114 e. The van der Waals surface area contributed by atoms with E-state index in [-0.39, 0.29) is 0 Å². The zero-order chi connectivity index (χ0) is 35.0. The minimum atomic E-state index is 0.297. The highest BCUT2D eigenvalue weighted by Crippen LogP contribution is 2.43. The number of hydrogen-bond acceptors (Lipinski definition) is 4. The maximum absolute atomic E-state index is 5.12. The highest BCUT2D eigenvalue weighted by Gasteiger charge is 2.44. The van der Waals surface area contributed by atoms with E-state index in [9.17, 15) is 0 Å². The lowest BCUT2D eigenvalue weighted by atomic mass is 9.90.